The smallest absolute Gasteiger partial charge is 0.136 e. The minimum atomic E-state index is 0.856. The van der Waals surface area contributed by atoms with Crippen molar-refractivity contribution in [1.82, 2.24) is 0 Å². The van der Waals surface area contributed by atoms with Gasteiger partial charge in [0.15, 0.2) is 0 Å². The minimum absolute atomic E-state index is 0.856. The summed E-state index contributed by atoms with van der Waals surface area (Å²) in [6, 6.07) is 46.5. The molecule has 10 rings (SSSR count). The average Bonchev–Trinajstić information content (AvgIpc) is 3.75. The maximum atomic E-state index is 6.54. The van der Waals surface area contributed by atoms with E-state index >= 15 is 0 Å². The van der Waals surface area contributed by atoms with Gasteiger partial charge in [-0.25, -0.2) is 0 Å². The molecule has 7 aromatic carbocycles. The van der Waals surface area contributed by atoms with Crippen LogP contribution in [-0.4, -0.2) is 0 Å². The highest BCUT2D eigenvalue weighted by molar-refractivity contribution is 6.26. The lowest BCUT2D eigenvalue weighted by atomic mass is 9.86. The molecule has 0 aliphatic carbocycles. The molecule has 0 N–H and O–H groups in total. The van der Waals surface area contributed by atoms with E-state index in [1.165, 1.54) is 16.3 Å². The Morgan fingerprint density at radius 2 is 0.884 bits per heavy atom. The van der Waals surface area contributed by atoms with Crippen LogP contribution >= 0.6 is 0 Å². The summed E-state index contributed by atoms with van der Waals surface area (Å²) in [5.41, 5.74) is 7.78. The monoisotopic (exact) mass is 550 g/mol. The lowest BCUT2D eigenvalue weighted by Gasteiger charge is -2.17. The summed E-state index contributed by atoms with van der Waals surface area (Å²) < 4.78 is 19.3. The Morgan fingerprint density at radius 1 is 0.326 bits per heavy atom. The quantitative estimate of drug-likeness (QED) is 0.201. The Morgan fingerprint density at radius 3 is 1.63 bits per heavy atom. The number of hydrogen-bond donors (Lipinski definition) is 0. The van der Waals surface area contributed by atoms with E-state index in [-0.39, 0.29) is 0 Å². The molecule has 3 aromatic heterocycles. The SMILES string of the molecule is c1ccc2oc(-c3c4ccccc4c(-c4cccc5oc6cc7c(cc6c45)oc4ccccc47)c4ccccc34)cc2c1. The molecule has 200 valence electrons. The molecule has 0 aliphatic heterocycles. The number of para-hydroxylation sites is 2. The molecule has 3 heteroatoms. The normalized spacial score (nSPS) is 12.2. The van der Waals surface area contributed by atoms with Gasteiger partial charge in [-0.05, 0) is 69.1 Å². The summed E-state index contributed by atoms with van der Waals surface area (Å²) >= 11 is 0. The van der Waals surface area contributed by atoms with Gasteiger partial charge < -0.3 is 13.3 Å². The molecule has 0 spiro atoms. The van der Waals surface area contributed by atoms with Crippen molar-refractivity contribution in [2.45, 2.75) is 0 Å². The topological polar surface area (TPSA) is 39.4 Å². The van der Waals surface area contributed by atoms with Crippen molar-refractivity contribution in [3.8, 4) is 22.5 Å². The van der Waals surface area contributed by atoms with Gasteiger partial charge in [-0.2, -0.15) is 0 Å². The van der Waals surface area contributed by atoms with Gasteiger partial charge in [0.25, 0.3) is 0 Å². The second-order valence-corrected chi connectivity index (χ2v) is 11.2. The zero-order valence-electron chi connectivity index (χ0n) is 22.9. The first-order chi connectivity index (χ1) is 21.3. The van der Waals surface area contributed by atoms with Crippen LogP contribution in [0.25, 0.3) is 98.8 Å². The van der Waals surface area contributed by atoms with E-state index in [4.69, 9.17) is 13.3 Å². The number of benzene rings is 7. The van der Waals surface area contributed by atoms with Gasteiger partial charge in [-0.3, -0.25) is 0 Å². The Labute approximate surface area is 245 Å². The fraction of sp³-hybridized carbons (Fsp3) is 0. The van der Waals surface area contributed by atoms with Crippen LogP contribution in [0.3, 0.4) is 0 Å². The van der Waals surface area contributed by atoms with Crippen LogP contribution in [0.5, 0.6) is 0 Å². The van der Waals surface area contributed by atoms with E-state index in [0.717, 1.165) is 82.5 Å². The lowest BCUT2D eigenvalue weighted by Crippen LogP contribution is -1.90. The molecule has 43 heavy (non-hydrogen) atoms. The Bertz CT molecular complexity index is 2640. The average molecular weight is 551 g/mol. The van der Waals surface area contributed by atoms with Gasteiger partial charge in [0.05, 0.1) is 0 Å². The maximum Gasteiger partial charge on any atom is 0.136 e. The van der Waals surface area contributed by atoms with Crippen LogP contribution in [0.15, 0.2) is 147 Å². The van der Waals surface area contributed by atoms with Crippen molar-refractivity contribution in [2.75, 3.05) is 0 Å². The third kappa shape index (κ3) is 3.14. The summed E-state index contributed by atoms with van der Waals surface area (Å²) in [5.74, 6) is 0.874. The zero-order valence-corrected chi connectivity index (χ0v) is 22.9. The molecule has 0 bridgehead atoms. The van der Waals surface area contributed by atoms with Crippen molar-refractivity contribution >= 4 is 76.4 Å². The zero-order chi connectivity index (χ0) is 28.1. The van der Waals surface area contributed by atoms with E-state index in [1.807, 2.05) is 30.3 Å². The van der Waals surface area contributed by atoms with Gasteiger partial charge in [0, 0.05) is 32.5 Å². The first-order valence-electron chi connectivity index (χ1n) is 14.5. The summed E-state index contributed by atoms with van der Waals surface area (Å²) in [7, 11) is 0. The molecular formula is C40H22O3. The molecule has 0 radical (unpaired) electrons. The summed E-state index contributed by atoms with van der Waals surface area (Å²) in [6.07, 6.45) is 0. The molecule has 3 nitrogen and oxygen atoms in total. The van der Waals surface area contributed by atoms with Crippen LogP contribution in [0, 0.1) is 0 Å². The summed E-state index contributed by atoms with van der Waals surface area (Å²) in [6.45, 7) is 0. The third-order valence-electron chi connectivity index (χ3n) is 8.87. The second-order valence-electron chi connectivity index (χ2n) is 11.2. The highest BCUT2D eigenvalue weighted by Gasteiger charge is 2.22. The molecule has 0 amide bonds. The molecule has 0 saturated heterocycles. The maximum absolute atomic E-state index is 6.54. The molecule has 0 saturated carbocycles. The molecular weight excluding hydrogens is 528 g/mol. The fourth-order valence-electron chi connectivity index (χ4n) is 7.04. The van der Waals surface area contributed by atoms with E-state index in [1.54, 1.807) is 0 Å². The van der Waals surface area contributed by atoms with Crippen LogP contribution in [0.2, 0.25) is 0 Å². The van der Waals surface area contributed by atoms with Crippen molar-refractivity contribution in [3.05, 3.63) is 133 Å². The molecule has 0 unspecified atom stereocenters. The van der Waals surface area contributed by atoms with Gasteiger partial charge in [0.1, 0.15) is 33.7 Å². The molecule has 0 fully saturated rings. The molecule has 0 aliphatic rings. The first-order valence-corrected chi connectivity index (χ1v) is 14.5. The Balaban J connectivity index is 1.34. The van der Waals surface area contributed by atoms with Crippen LogP contribution in [-0.2, 0) is 0 Å². The second kappa shape index (κ2) is 8.37. The third-order valence-corrected chi connectivity index (χ3v) is 8.87. The first kappa shape index (κ1) is 22.8. The summed E-state index contributed by atoms with van der Waals surface area (Å²) in [5, 5.41) is 10.0. The van der Waals surface area contributed by atoms with Crippen molar-refractivity contribution in [1.29, 1.82) is 0 Å². The van der Waals surface area contributed by atoms with Crippen LogP contribution in [0.4, 0.5) is 0 Å². The minimum Gasteiger partial charge on any atom is -0.456 e. The van der Waals surface area contributed by atoms with E-state index < -0.39 is 0 Å². The lowest BCUT2D eigenvalue weighted by molar-refractivity contribution is 0.633. The van der Waals surface area contributed by atoms with Crippen molar-refractivity contribution in [2.24, 2.45) is 0 Å². The standard InChI is InChI=1S/C40H22O3/c1-7-17-32-23(10-1)20-37(41-32)39-27-14-4-2-12-25(27)38(26-13-3-5-15-28(26)39)29-16-9-19-34-40(29)31-22-35-30(21-36(31)43-34)24-11-6-8-18-33(24)42-35/h1-22H. The molecule has 0 atom stereocenters. The molecule has 10 aromatic rings. The van der Waals surface area contributed by atoms with Gasteiger partial charge in [-0.15, -0.1) is 0 Å². The van der Waals surface area contributed by atoms with Crippen molar-refractivity contribution in [3.63, 3.8) is 0 Å². The van der Waals surface area contributed by atoms with E-state index in [9.17, 15) is 0 Å². The Hall–Kier alpha value is -5.80. The van der Waals surface area contributed by atoms with Crippen LogP contribution in [0.1, 0.15) is 0 Å². The highest BCUT2D eigenvalue weighted by atomic mass is 16.3. The van der Waals surface area contributed by atoms with Gasteiger partial charge in [0.2, 0.25) is 0 Å². The largest absolute Gasteiger partial charge is 0.456 e. The predicted molar refractivity (Wildman–Crippen MR) is 177 cm³/mol. The van der Waals surface area contributed by atoms with Gasteiger partial charge >= 0.3 is 0 Å². The van der Waals surface area contributed by atoms with Crippen LogP contribution < -0.4 is 0 Å². The highest BCUT2D eigenvalue weighted by Crippen LogP contribution is 2.48. The predicted octanol–water partition coefficient (Wildman–Crippen LogP) is 11.9. The number of fused-ring (bicyclic) bond motifs is 9. The summed E-state index contributed by atoms with van der Waals surface area (Å²) in [4.78, 5) is 0. The van der Waals surface area contributed by atoms with Gasteiger partial charge in [-0.1, -0.05) is 97.1 Å². The van der Waals surface area contributed by atoms with Crippen molar-refractivity contribution < 1.29 is 13.3 Å². The molecule has 3 heterocycles. The van der Waals surface area contributed by atoms with E-state index in [0.29, 0.717) is 0 Å². The fourth-order valence-corrected chi connectivity index (χ4v) is 7.04. The number of rotatable bonds is 2. The number of hydrogen-bond acceptors (Lipinski definition) is 3. The number of furan rings is 3. The van der Waals surface area contributed by atoms with E-state index in [2.05, 4.69) is 103 Å². The Kier molecular flexibility index (Phi) is 4.45.